The van der Waals surface area contributed by atoms with E-state index < -0.39 is 11.4 Å². The minimum Gasteiger partial charge on any atom is -0.387 e. The van der Waals surface area contributed by atoms with Crippen LogP contribution in [0.3, 0.4) is 0 Å². The lowest BCUT2D eigenvalue weighted by molar-refractivity contribution is -0.121. The van der Waals surface area contributed by atoms with Gasteiger partial charge in [0.15, 0.2) is 5.17 Å². The van der Waals surface area contributed by atoms with Gasteiger partial charge in [0.05, 0.1) is 6.10 Å². The number of amidine groups is 1. The van der Waals surface area contributed by atoms with E-state index in [1.807, 2.05) is 18.2 Å². The molecule has 0 aromatic heterocycles. The second-order valence-electron chi connectivity index (χ2n) is 8.36. The number of piperidine rings is 1. The molecule has 3 N–H and O–H groups in total. The Balaban J connectivity index is 1.27. The molecule has 0 aliphatic carbocycles. The zero-order chi connectivity index (χ0) is 23.9. The molecule has 2 aliphatic rings. The van der Waals surface area contributed by atoms with Crippen molar-refractivity contribution in [1.82, 2.24) is 10.2 Å². The van der Waals surface area contributed by atoms with Gasteiger partial charge in [-0.25, -0.2) is 0 Å². The molecule has 2 atom stereocenters. The van der Waals surface area contributed by atoms with E-state index in [-0.39, 0.29) is 30.7 Å². The monoisotopic (exact) mass is 480 g/mol. The van der Waals surface area contributed by atoms with E-state index in [0.717, 1.165) is 36.7 Å². The number of thioether (sulfide) groups is 1. The molecule has 0 saturated carbocycles. The third-order valence-electron chi connectivity index (χ3n) is 5.78. The van der Waals surface area contributed by atoms with Crippen LogP contribution in [0, 0.1) is 0 Å². The lowest BCUT2D eigenvalue weighted by Crippen LogP contribution is -2.33. The third kappa shape index (κ3) is 6.24. The maximum absolute atomic E-state index is 12.6. The van der Waals surface area contributed by atoms with Gasteiger partial charge in [0.1, 0.15) is 5.25 Å². The molecule has 34 heavy (non-hydrogen) atoms. The van der Waals surface area contributed by atoms with Gasteiger partial charge in [-0.2, -0.15) is 4.99 Å². The Morgan fingerprint density at radius 2 is 1.85 bits per heavy atom. The Hall–Kier alpha value is -3.17. The lowest BCUT2D eigenvalue weighted by atomic mass is 10.1. The number of anilines is 1. The molecule has 4 rings (SSSR count). The molecule has 1 saturated heterocycles. The number of aliphatic hydroxyl groups excluding tert-OH is 1. The second-order valence-corrected chi connectivity index (χ2v) is 9.53. The predicted octanol–water partition coefficient (Wildman–Crippen LogP) is 2.96. The highest BCUT2D eigenvalue weighted by Gasteiger charge is 2.33. The van der Waals surface area contributed by atoms with Gasteiger partial charge in [0.2, 0.25) is 5.91 Å². The first-order chi connectivity index (χ1) is 16.5. The highest BCUT2D eigenvalue weighted by atomic mass is 32.2. The van der Waals surface area contributed by atoms with Crippen molar-refractivity contribution in [2.24, 2.45) is 4.99 Å². The Bertz CT molecular complexity index is 1070. The van der Waals surface area contributed by atoms with Gasteiger partial charge in [-0.1, -0.05) is 48.2 Å². The molecular formula is C25H28N4O4S. The van der Waals surface area contributed by atoms with E-state index in [1.165, 1.54) is 18.2 Å². The van der Waals surface area contributed by atoms with Gasteiger partial charge in [0, 0.05) is 37.3 Å². The molecule has 178 valence electrons. The average Bonchev–Trinajstić information content (AvgIpc) is 3.23. The largest absolute Gasteiger partial charge is 0.387 e. The molecule has 2 heterocycles. The highest BCUT2D eigenvalue weighted by Crippen LogP contribution is 2.29. The van der Waals surface area contributed by atoms with E-state index in [1.54, 1.807) is 36.4 Å². The number of aliphatic hydroxyl groups is 1. The molecule has 2 aliphatic heterocycles. The first-order valence-electron chi connectivity index (χ1n) is 11.4. The van der Waals surface area contributed by atoms with Crippen LogP contribution < -0.4 is 10.6 Å². The summed E-state index contributed by atoms with van der Waals surface area (Å²) < 4.78 is 0. The Labute approximate surface area is 202 Å². The summed E-state index contributed by atoms with van der Waals surface area (Å²) in [6.07, 6.45) is 2.58. The molecule has 3 amide bonds. The van der Waals surface area contributed by atoms with Gasteiger partial charge >= 0.3 is 0 Å². The van der Waals surface area contributed by atoms with Crippen molar-refractivity contribution in [3.8, 4) is 0 Å². The number of nitrogens with zero attached hydrogens (tertiary/aromatic N) is 2. The van der Waals surface area contributed by atoms with Gasteiger partial charge in [0.25, 0.3) is 11.8 Å². The first kappa shape index (κ1) is 24.0. The summed E-state index contributed by atoms with van der Waals surface area (Å²) in [7, 11) is 0. The molecule has 0 radical (unpaired) electrons. The topological polar surface area (TPSA) is 111 Å². The second kappa shape index (κ2) is 11.3. The van der Waals surface area contributed by atoms with Crippen molar-refractivity contribution in [2.45, 2.75) is 37.0 Å². The standard InChI is InChI=1S/C25H28N4O4S/c30-20(17-8-3-1-4-9-17)16-26-23(32)18-10-7-11-19(14-18)27-22(31)15-21-24(33)28-25(34-21)29-12-5-2-6-13-29/h1,3-4,7-11,14,20-21,30H,2,5-6,12-13,15-16H2,(H,26,32)(H,27,31)/t20-,21-/m1/s1. The number of carbonyl (C=O) groups excluding carboxylic acids is 3. The van der Waals surface area contributed by atoms with Crippen LogP contribution in [0.25, 0.3) is 0 Å². The molecule has 2 aromatic rings. The normalized spacial score (nSPS) is 18.9. The number of amides is 3. The van der Waals surface area contributed by atoms with E-state index in [2.05, 4.69) is 20.5 Å². The van der Waals surface area contributed by atoms with Crippen LogP contribution in [0.2, 0.25) is 0 Å². The minimum absolute atomic E-state index is 0.0179. The minimum atomic E-state index is -0.813. The van der Waals surface area contributed by atoms with E-state index in [9.17, 15) is 19.5 Å². The van der Waals surface area contributed by atoms with E-state index in [4.69, 9.17) is 0 Å². The van der Waals surface area contributed by atoms with Crippen LogP contribution >= 0.6 is 11.8 Å². The summed E-state index contributed by atoms with van der Waals surface area (Å²) >= 11 is 1.36. The number of rotatable bonds is 7. The first-order valence-corrected chi connectivity index (χ1v) is 12.3. The van der Waals surface area contributed by atoms with Crippen LogP contribution in [0.1, 0.15) is 47.7 Å². The summed E-state index contributed by atoms with van der Waals surface area (Å²) in [6.45, 7) is 1.87. The van der Waals surface area contributed by atoms with Gasteiger partial charge in [-0.3, -0.25) is 14.4 Å². The summed E-state index contributed by atoms with van der Waals surface area (Å²) in [4.78, 5) is 43.7. The van der Waals surface area contributed by atoms with Gasteiger partial charge in [-0.05, 0) is 43.0 Å². The lowest BCUT2D eigenvalue weighted by Gasteiger charge is -2.27. The van der Waals surface area contributed by atoms with Gasteiger partial charge in [-0.15, -0.1) is 0 Å². The predicted molar refractivity (Wildman–Crippen MR) is 133 cm³/mol. The molecule has 9 heteroatoms. The Morgan fingerprint density at radius 3 is 2.62 bits per heavy atom. The van der Waals surface area contributed by atoms with Gasteiger partial charge < -0.3 is 20.6 Å². The number of hydrogen-bond donors (Lipinski definition) is 3. The number of nitrogens with one attached hydrogen (secondary N) is 2. The SMILES string of the molecule is O=C(C[C@H]1SC(N2CCCCC2)=NC1=O)Nc1cccc(C(=O)NC[C@@H](O)c2ccccc2)c1. The maximum Gasteiger partial charge on any atom is 0.262 e. The summed E-state index contributed by atoms with van der Waals surface area (Å²) in [5.41, 5.74) is 1.55. The molecule has 8 nitrogen and oxygen atoms in total. The number of benzene rings is 2. The number of likely N-dealkylation sites (tertiary alicyclic amines) is 1. The summed E-state index contributed by atoms with van der Waals surface area (Å²) in [6, 6.07) is 15.7. The quantitative estimate of drug-likeness (QED) is 0.562. The fourth-order valence-corrected chi connectivity index (χ4v) is 5.05. The third-order valence-corrected chi connectivity index (χ3v) is 6.99. The fraction of sp³-hybridized carbons (Fsp3) is 0.360. The smallest absolute Gasteiger partial charge is 0.262 e. The van der Waals surface area contributed by atoms with Crippen molar-refractivity contribution in [2.75, 3.05) is 25.0 Å². The van der Waals surface area contributed by atoms with Crippen molar-refractivity contribution in [1.29, 1.82) is 0 Å². The number of aliphatic imine (C=N–C) groups is 1. The van der Waals surface area contributed by atoms with E-state index in [0.29, 0.717) is 11.3 Å². The Morgan fingerprint density at radius 1 is 1.09 bits per heavy atom. The zero-order valence-corrected chi connectivity index (χ0v) is 19.6. The average molecular weight is 481 g/mol. The van der Waals surface area contributed by atoms with Crippen molar-refractivity contribution in [3.05, 3.63) is 65.7 Å². The molecule has 1 fully saturated rings. The van der Waals surface area contributed by atoms with Crippen LogP contribution in [0.15, 0.2) is 59.6 Å². The van der Waals surface area contributed by atoms with Crippen LogP contribution in [-0.2, 0) is 9.59 Å². The summed E-state index contributed by atoms with van der Waals surface area (Å²) in [5.74, 6) is -0.934. The van der Waals surface area contributed by atoms with Crippen molar-refractivity contribution < 1.29 is 19.5 Å². The summed E-state index contributed by atoms with van der Waals surface area (Å²) in [5, 5.41) is 15.9. The fourth-order valence-electron chi connectivity index (χ4n) is 3.93. The zero-order valence-electron chi connectivity index (χ0n) is 18.8. The maximum atomic E-state index is 12.6. The van der Waals surface area contributed by atoms with Crippen molar-refractivity contribution in [3.63, 3.8) is 0 Å². The van der Waals surface area contributed by atoms with Crippen LogP contribution in [0.5, 0.6) is 0 Å². The highest BCUT2D eigenvalue weighted by molar-refractivity contribution is 8.15. The van der Waals surface area contributed by atoms with E-state index >= 15 is 0 Å². The molecular weight excluding hydrogens is 452 g/mol. The number of carbonyl (C=O) groups is 3. The molecule has 0 bridgehead atoms. The molecule has 0 spiro atoms. The van der Waals surface area contributed by atoms with Crippen LogP contribution in [0.4, 0.5) is 5.69 Å². The number of hydrogen-bond acceptors (Lipinski definition) is 6. The Kier molecular flexibility index (Phi) is 7.97. The van der Waals surface area contributed by atoms with Crippen molar-refractivity contribution >= 4 is 40.3 Å². The molecule has 0 unspecified atom stereocenters. The molecule has 2 aromatic carbocycles. The van der Waals surface area contributed by atoms with Crippen LogP contribution in [-0.4, -0.2) is 57.8 Å².